The molecule has 3 nitrogen and oxygen atoms in total. The predicted molar refractivity (Wildman–Crippen MR) is 59.8 cm³/mol. The lowest BCUT2D eigenvalue weighted by Crippen LogP contribution is -2.40. The Labute approximate surface area is 90.7 Å². The van der Waals surface area contributed by atoms with Gasteiger partial charge in [-0.2, -0.15) is 5.10 Å². The second-order valence-electron chi connectivity index (χ2n) is 4.96. The van der Waals surface area contributed by atoms with Crippen LogP contribution >= 0.6 is 0 Å². The largest absolute Gasteiger partial charge is 0.311 e. The van der Waals surface area contributed by atoms with E-state index in [0.717, 1.165) is 6.04 Å². The van der Waals surface area contributed by atoms with E-state index in [4.69, 9.17) is 0 Å². The van der Waals surface area contributed by atoms with Crippen LogP contribution in [-0.4, -0.2) is 22.3 Å². The molecule has 0 aliphatic heterocycles. The minimum atomic E-state index is 0.693. The number of aryl methyl sites for hydroxylation is 1. The molecule has 1 aromatic heterocycles. The second-order valence-corrected chi connectivity index (χ2v) is 4.96. The van der Waals surface area contributed by atoms with E-state index in [9.17, 15) is 0 Å². The smallest absolute Gasteiger partial charge is 0.0522 e. The van der Waals surface area contributed by atoms with E-state index in [1.54, 1.807) is 0 Å². The van der Waals surface area contributed by atoms with Crippen LogP contribution in [0.15, 0.2) is 6.20 Å². The van der Waals surface area contributed by atoms with Gasteiger partial charge in [-0.3, -0.25) is 5.10 Å². The van der Waals surface area contributed by atoms with Crippen LogP contribution in [0, 0.1) is 0 Å². The molecule has 82 valence electrons. The highest BCUT2D eigenvalue weighted by Crippen LogP contribution is 2.23. The van der Waals surface area contributed by atoms with Crippen molar-refractivity contribution in [1.29, 1.82) is 0 Å². The highest BCUT2D eigenvalue weighted by Gasteiger charge is 2.23. The van der Waals surface area contributed by atoms with Crippen LogP contribution in [0.4, 0.5) is 0 Å². The minimum absolute atomic E-state index is 0.693. The van der Waals surface area contributed by atoms with Crippen LogP contribution in [0.2, 0.25) is 0 Å². The Balaban J connectivity index is 1.61. The first-order chi connectivity index (χ1) is 7.42. The van der Waals surface area contributed by atoms with E-state index in [2.05, 4.69) is 15.5 Å². The fourth-order valence-corrected chi connectivity index (χ4v) is 2.98. The molecule has 3 rings (SSSR count). The van der Waals surface area contributed by atoms with Gasteiger partial charge in [0.1, 0.15) is 0 Å². The molecule has 1 unspecified atom stereocenters. The summed E-state index contributed by atoms with van der Waals surface area (Å²) in [6.45, 7) is 0. The number of aromatic amines is 1. The Morgan fingerprint density at radius 1 is 1.20 bits per heavy atom. The first-order valence-corrected chi connectivity index (χ1v) is 6.19. The van der Waals surface area contributed by atoms with Crippen molar-refractivity contribution in [2.75, 3.05) is 0 Å². The van der Waals surface area contributed by atoms with Gasteiger partial charge in [-0.25, -0.2) is 0 Å². The molecular formula is C12H19N3. The Kier molecular flexibility index (Phi) is 2.49. The molecular weight excluding hydrogens is 186 g/mol. The van der Waals surface area contributed by atoms with E-state index in [0.29, 0.717) is 6.04 Å². The summed E-state index contributed by atoms with van der Waals surface area (Å²) < 4.78 is 0. The summed E-state index contributed by atoms with van der Waals surface area (Å²) in [5, 5.41) is 11.0. The van der Waals surface area contributed by atoms with Crippen molar-refractivity contribution in [3.63, 3.8) is 0 Å². The van der Waals surface area contributed by atoms with E-state index < -0.39 is 0 Å². The summed E-state index contributed by atoms with van der Waals surface area (Å²) in [5.74, 6) is 0. The van der Waals surface area contributed by atoms with Crippen LogP contribution in [0.3, 0.4) is 0 Å². The summed E-state index contributed by atoms with van der Waals surface area (Å²) in [7, 11) is 0. The molecule has 1 atom stereocenters. The summed E-state index contributed by atoms with van der Waals surface area (Å²) in [5.41, 5.74) is 2.79. The van der Waals surface area contributed by atoms with Gasteiger partial charge in [0.25, 0.3) is 0 Å². The molecule has 1 aromatic rings. The first-order valence-electron chi connectivity index (χ1n) is 6.19. The molecule has 0 saturated heterocycles. The third-order valence-electron chi connectivity index (χ3n) is 3.84. The van der Waals surface area contributed by atoms with Gasteiger partial charge in [0.2, 0.25) is 0 Å². The number of nitrogens with one attached hydrogen (secondary N) is 2. The van der Waals surface area contributed by atoms with Crippen LogP contribution in [0.1, 0.15) is 43.4 Å². The number of fused-ring (bicyclic) bond motifs is 1. The zero-order valence-electron chi connectivity index (χ0n) is 9.13. The Morgan fingerprint density at radius 3 is 2.93 bits per heavy atom. The molecule has 1 saturated carbocycles. The maximum atomic E-state index is 4.12. The molecule has 0 amide bonds. The number of nitrogens with zero attached hydrogens (tertiary/aromatic N) is 1. The summed E-state index contributed by atoms with van der Waals surface area (Å²) in [6, 6.07) is 1.49. The highest BCUT2D eigenvalue weighted by molar-refractivity contribution is 5.21. The Hall–Kier alpha value is -0.830. The third kappa shape index (κ3) is 1.93. The number of rotatable bonds is 2. The molecule has 0 bridgehead atoms. The van der Waals surface area contributed by atoms with Crippen molar-refractivity contribution in [2.24, 2.45) is 0 Å². The van der Waals surface area contributed by atoms with Crippen molar-refractivity contribution < 1.29 is 0 Å². The molecule has 0 aromatic carbocycles. The fourth-order valence-electron chi connectivity index (χ4n) is 2.98. The Bertz CT molecular complexity index is 325. The molecule has 0 spiro atoms. The van der Waals surface area contributed by atoms with Crippen LogP contribution in [0.25, 0.3) is 0 Å². The van der Waals surface area contributed by atoms with Gasteiger partial charge in [-0.05, 0) is 37.7 Å². The molecule has 2 N–H and O–H groups in total. The number of H-pyrrole nitrogens is 1. The van der Waals surface area contributed by atoms with E-state index in [1.165, 1.54) is 56.2 Å². The van der Waals surface area contributed by atoms with Crippen molar-refractivity contribution in [2.45, 2.75) is 57.0 Å². The maximum Gasteiger partial charge on any atom is 0.0522 e. The monoisotopic (exact) mass is 205 g/mol. The topological polar surface area (TPSA) is 40.7 Å². The first kappa shape index (κ1) is 9.40. The average molecular weight is 205 g/mol. The molecule has 0 radical (unpaired) electrons. The van der Waals surface area contributed by atoms with Crippen molar-refractivity contribution >= 4 is 0 Å². The fraction of sp³-hybridized carbons (Fsp3) is 0.750. The maximum absolute atomic E-state index is 4.12. The lowest BCUT2D eigenvalue weighted by molar-refractivity contribution is 0.394. The van der Waals surface area contributed by atoms with Crippen LogP contribution in [0.5, 0.6) is 0 Å². The van der Waals surface area contributed by atoms with E-state index in [-0.39, 0.29) is 0 Å². The Morgan fingerprint density at radius 2 is 2.07 bits per heavy atom. The quantitative estimate of drug-likeness (QED) is 0.773. The second kappa shape index (κ2) is 3.97. The van der Waals surface area contributed by atoms with Gasteiger partial charge in [0, 0.05) is 17.8 Å². The van der Waals surface area contributed by atoms with Crippen molar-refractivity contribution in [1.82, 2.24) is 15.5 Å². The zero-order chi connectivity index (χ0) is 10.1. The lowest BCUT2D eigenvalue weighted by atomic mass is 9.93. The molecule has 15 heavy (non-hydrogen) atoms. The van der Waals surface area contributed by atoms with E-state index >= 15 is 0 Å². The average Bonchev–Trinajstić information content (AvgIpc) is 2.87. The van der Waals surface area contributed by atoms with Gasteiger partial charge < -0.3 is 5.32 Å². The predicted octanol–water partition coefficient (Wildman–Crippen LogP) is 1.80. The van der Waals surface area contributed by atoms with Crippen molar-refractivity contribution in [3.8, 4) is 0 Å². The zero-order valence-corrected chi connectivity index (χ0v) is 9.13. The standard InChI is InChI=1S/C12H19N3/c1-2-4-10(3-1)14-11-5-6-12-9(7-11)8-13-15-12/h8,10-11,14H,1-7H2,(H,13,15). The highest BCUT2D eigenvalue weighted by atomic mass is 15.1. The van der Waals surface area contributed by atoms with Gasteiger partial charge in [0.05, 0.1) is 6.20 Å². The van der Waals surface area contributed by atoms with Crippen molar-refractivity contribution in [3.05, 3.63) is 17.5 Å². The van der Waals surface area contributed by atoms with Gasteiger partial charge in [-0.1, -0.05) is 12.8 Å². The molecule has 2 aliphatic rings. The number of hydrogen-bond donors (Lipinski definition) is 2. The molecule has 2 aliphatic carbocycles. The summed E-state index contributed by atoms with van der Waals surface area (Å²) in [4.78, 5) is 0. The number of hydrogen-bond acceptors (Lipinski definition) is 2. The minimum Gasteiger partial charge on any atom is -0.311 e. The lowest BCUT2D eigenvalue weighted by Gasteiger charge is -2.26. The van der Waals surface area contributed by atoms with E-state index in [1.807, 2.05) is 6.20 Å². The summed E-state index contributed by atoms with van der Waals surface area (Å²) >= 11 is 0. The number of aromatic nitrogens is 2. The molecule has 1 fully saturated rings. The molecule has 3 heteroatoms. The van der Waals surface area contributed by atoms with Gasteiger partial charge in [0.15, 0.2) is 0 Å². The molecule has 1 heterocycles. The summed E-state index contributed by atoms with van der Waals surface area (Å²) in [6.07, 6.45) is 11.2. The van der Waals surface area contributed by atoms with Gasteiger partial charge >= 0.3 is 0 Å². The third-order valence-corrected chi connectivity index (χ3v) is 3.84. The van der Waals surface area contributed by atoms with Gasteiger partial charge in [-0.15, -0.1) is 0 Å². The van der Waals surface area contributed by atoms with Crippen LogP contribution in [-0.2, 0) is 12.8 Å². The van der Waals surface area contributed by atoms with Crippen LogP contribution < -0.4 is 5.32 Å². The normalized spacial score (nSPS) is 26.8. The SMILES string of the molecule is c1n[nH]c2c1CC(NC1CCCC1)CC2.